The first-order chi connectivity index (χ1) is 9.17. The number of amides is 1. The molecule has 2 N–H and O–H groups in total. The standard InChI is InChI=1S/C16H26N2O/c1-4-6-14-7-9-15(10-8-14)13(3)18-12-16(19)17-11-5-2/h7-10,13,18H,4-6,11-12H2,1-3H3,(H,17,19). The zero-order valence-corrected chi connectivity index (χ0v) is 12.3. The van der Waals surface area contributed by atoms with E-state index in [-0.39, 0.29) is 11.9 Å². The average Bonchev–Trinajstić information content (AvgIpc) is 2.43. The molecular formula is C16H26N2O. The van der Waals surface area contributed by atoms with Crippen molar-refractivity contribution in [2.75, 3.05) is 13.1 Å². The Kier molecular flexibility index (Phi) is 7.19. The minimum Gasteiger partial charge on any atom is -0.355 e. The first-order valence-corrected chi connectivity index (χ1v) is 7.26. The SMILES string of the molecule is CCCNC(=O)CNC(C)c1ccc(CCC)cc1. The molecule has 1 aromatic rings. The lowest BCUT2D eigenvalue weighted by molar-refractivity contribution is -0.120. The number of aryl methyl sites for hydroxylation is 1. The number of nitrogens with one attached hydrogen (secondary N) is 2. The summed E-state index contributed by atoms with van der Waals surface area (Å²) in [4.78, 5) is 11.5. The van der Waals surface area contributed by atoms with Crippen molar-refractivity contribution < 1.29 is 4.79 Å². The van der Waals surface area contributed by atoms with Crippen LogP contribution in [0.25, 0.3) is 0 Å². The summed E-state index contributed by atoms with van der Waals surface area (Å²) in [5, 5.41) is 6.11. The van der Waals surface area contributed by atoms with E-state index in [2.05, 4.69) is 48.7 Å². The van der Waals surface area contributed by atoms with Crippen LogP contribution in [0.15, 0.2) is 24.3 Å². The van der Waals surface area contributed by atoms with E-state index in [9.17, 15) is 4.79 Å². The van der Waals surface area contributed by atoms with Crippen LogP contribution < -0.4 is 10.6 Å². The Balaban J connectivity index is 2.40. The molecule has 106 valence electrons. The van der Waals surface area contributed by atoms with Gasteiger partial charge in [-0.15, -0.1) is 0 Å². The van der Waals surface area contributed by atoms with Crippen molar-refractivity contribution in [2.45, 2.75) is 46.1 Å². The third-order valence-electron chi connectivity index (χ3n) is 3.16. The lowest BCUT2D eigenvalue weighted by Gasteiger charge is -2.14. The largest absolute Gasteiger partial charge is 0.355 e. The van der Waals surface area contributed by atoms with E-state index in [1.165, 1.54) is 17.5 Å². The molecule has 0 aliphatic carbocycles. The van der Waals surface area contributed by atoms with E-state index >= 15 is 0 Å². The molecule has 0 saturated heterocycles. The zero-order valence-electron chi connectivity index (χ0n) is 12.3. The maximum Gasteiger partial charge on any atom is 0.233 e. The Morgan fingerprint density at radius 1 is 1.16 bits per heavy atom. The van der Waals surface area contributed by atoms with Gasteiger partial charge in [-0.25, -0.2) is 0 Å². The van der Waals surface area contributed by atoms with Gasteiger partial charge in [0.15, 0.2) is 0 Å². The molecule has 19 heavy (non-hydrogen) atoms. The van der Waals surface area contributed by atoms with Gasteiger partial charge < -0.3 is 10.6 Å². The molecule has 1 aromatic carbocycles. The molecule has 0 aliphatic rings. The third kappa shape index (κ3) is 5.88. The molecule has 0 aromatic heterocycles. The summed E-state index contributed by atoms with van der Waals surface area (Å²) in [6, 6.07) is 8.84. The highest BCUT2D eigenvalue weighted by Gasteiger charge is 2.07. The Morgan fingerprint density at radius 3 is 2.42 bits per heavy atom. The molecule has 0 bridgehead atoms. The molecule has 3 nitrogen and oxygen atoms in total. The fourth-order valence-electron chi connectivity index (χ4n) is 1.95. The predicted octanol–water partition coefficient (Wildman–Crippen LogP) is 2.82. The highest BCUT2D eigenvalue weighted by molar-refractivity contribution is 5.77. The number of carbonyl (C=O) groups is 1. The molecule has 0 fully saturated rings. The molecule has 0 saturated carbocycles. The number of hydrogen-bond acceptors (Lipinski definition) is 2. The minimum absolute atomic E-state index is 0.0660. The predicted molar refractivity (Wildman–Crippen MR) is 80.2 cm³/mol. The second-order valence-corrected chi connectivity index (χ2v) is 4.94. The summed E-state index contributed by atoms with van der Waals surface area (Å²) in [5.41, 5.74) is 2.60. The van der Waals surface area contributed by atoms with Crippen molar-refractivity contribution >= 4 is 5.91 Å². The number of hydrogen-bond donors (Lipinski definition) is 2. The van der Waals surface area contributed by atoms with Crippen molar-refractivity contribution in [3.63, 3.8) is 0 Å². The summed E-state index contributed by atoms with van der Waals surface area (Å²) >= 11 is 0. The van der Waals surface area contributed by atoms with Crippen LogP contribution in [0.4, 0.5) is 0 Å². The van der Waals surface area contributed by atoms with Crippen molar-refractivity contribution in [2.24, 2.45) is 0 Å². The maximum atomic E-state index is 11.5. The molecular weight excluding hydrogens is 236 g/mol. The summed E-state index contributed by atoms with van der Waals surface area (Å²) in [6.45, 7) is 7.45. The molecule has 1 atom stereocenters. The van der Waals surface area contributed by atoms with Gasteiger partial charge in [0, 0.05) is 12.6 Å². The van der Waals surface area contributed by atoms with Crippen LogP contribution in [0.3, 0.4) is 0 Å². The molecule has 0 aliphatic heterocycles. The zero-order chi connectivity index (χ0) is 14.1. The van der Waals surface area contributed by atoms with Gasteiger partial charge in [0.25, 0.3) is 0 Å². The number of carbonyl (C=O) groups excluding carboxylic acids is 1. The summed E-state index contributed by atoms with van der Waals surface area (Å²) in [5.74, 6) is 0.0660. The van der Waals surface area contributed by atoms with Crippen LogP contribution in [0.5, 0.6) is 0 Å². The molecule has 0 spiro atoms. The summed E-state index contributed by atoms with van der Waals surface area (Å²) < 4.78 is 0. The third-order valence-corrected chi connectivity index (χ3v) is 3.16. The Morgan fingerprint density at radius 2 is 1.84 bits per heavy atom. The van der Waals surface area contributed by atoms with Crippen LogP contribution in [-0.4, -0.2) is 19.0 Å². The van der Waals surface area contributed by atoms with E-state index in [4.69, 9.17) is 0 Å². The highest BCUT2D eigenvalue weighted by Crippen LogP contribution is 2.13. The fourth-order valence-corrected chi connectivity index (χ4v) is 1.95. The molecule has 0 heterocycles. The van der Waals surface area contributed by atoms with Gasteiger partial charge in [-0.1, -0.05) is 44.5 Å². The van der Waals surface area contributed by atoms with Gasteiger partial charge in [0.2, 0.25) is 5.91 Å². The van der Waals surface area contributed by atoms with E-state index in [0.717, 1.165) is 19.4 Å². The van der Waals surface area contributed by atoms with Gasteiger partial charge in [-0.2, -0.15) is 0 Å². The summed E-state index contributed by atoms with van der Waals surface area (Å²) in [6.07, 6.45) is 3.27. The smallest absolute Gasteiger partial charge is 0.233 e. The van der Waals surface area contributed by atoms with Crippen LogP contribution in [-0.2, 0) is 11.2 Å². The Hall–Kier alpha value is -1.35. The Bertz CT molecular complexity index is 373. The van der Waals surface area contributed by atoms with Crippen molar-refractivity contribution in [3.05, 3.63) is 35.4 Å². The number of benzene rings is 1. The van der Waals surface area contributed by atoms with Crippen molar-refractivity contribution in [1.29, 1.82) is 0 Å². The van der Waals surface area contributed by atoms with Gasteiger partial charge >= 0.3 is 0 Å². The highest BCUT2D eigenvalue weighted by atomic mass is 16.1. The van der Waals surface area contributed by atoms with Gasteiger partial charge in [-0.05, 0) is 30.9 Å². The van der Waals surface area contributed by atoms with Crippen LogP contribution >= 0.6 is 0 Å². The second kappa shape index (κ2) is 8.70. The quantitative estimate of drug-likeness (QED) is 0.756. The lowest BCUT2D eigenvalue weighted by atomic mass is 10.0. The van der Waals surface area contributed by atoms with Gasteiger partial charge in [-0.3, -0.25) is 4.79 Å². The molecule has 0 radical (unpaired) electrons. The molecule has 1 unspecified atom stereocenters. The van der Waals surface area contributed by atoms with E-state index in [0.29, 0.717) is 6.54 Å². The van der Waals surface area contributed by atoms with Crippen molar-refractivity contribution in [1.82, 2.24) is 10.6 Å². The normalized spacial score (nSPS) is 12.2. The fraction of sp³-hybridized carbons (Fsp3) is 0.562. The first-order valence-electron chi connectivity index (χ1n) is 7.26. The molecule has 3 heteroatoms. The summed E-state index contributed by atoms with van der Waals surface area (Å²) in [7, 11) is 0. The average molecular weight is 262 g/mol. The van der Waals surface area contributed by atoms with Gasteiger partial charge in [0.05, 0.1) is 6.54 Å². The molecule has 1 rings (SSSR count). The Labute approximate surface area is 116 Å². The van der Waals surface area contributed by atoms with Gasteiger partial charge in [0.1, 0.15) is 0 Å². The van der Waals surface area contributed by atoms with Crippen LogP contribution in [0.1, 0.15) is 50.8 Å². The molecule has 1 amide bonds. The van der Waals surface area contributed by atoms with Crippen molar-refractivity contribution in [3.8, 4) is 0 Å². The van der Waals surface area contributed by atoms with Crippen LogP contribution in [0.2, 0.25) is 0 Å². The lowest BCUT2D eigenvalue weighted by Crippen LogP contribution is -2.35. The maximum absolute atomic E-state index is 11.5. The monoisotopic (exact) mass is 262 g/mol. The van der Waals surface area contributed by atoms with Crippen LogP contribution in [0, 0.1) is 0 Å². The topological polar surface area (TPSA) is 41.1 Å². The van der Waals surface area contributed by atoms with E-state index in [1.807, 2.05) is 6.92 Å². The number of rotatable bonds is 8. The first kappa shape index (κ1) is 15.7. The second-order valence-electron chi connectivity index (χ2n) is 4.94. The minimum atomic E-state index is 0.0660. The van der Waals surface area contributed by atoms with E-state index in [1.54, 1.807) is 0 Å². The van der Waals surface area contributed by atoms with E-state index < -0.39 is 0 Å².